The third kappa shape index (κ3) is 5.89. The SMILES string of the molecule is CCCNC(CCSc1cccc(Br)c1)C(=O)O. The van der Waals surface area contributed by atoms with Crippen LogP contribution >= 0.6 is 27.7 Å². The number of carboxylic acid groups (broad SMARTS) is 1. The van der Waals surface area contributed by atoms with Gasteiger partial charge in [-0.3, -0.25) is 4.79 Å². The van der Waals surface area contributed by atoms with Crippen LogP contribution in [0.1, 0.15) is 19.8 Å². The second-order valence-corrected chi connectivity index (χ2v) is 6.02. The van der Waals surface area contributed by atoms with Crippen molar-refractivity contribution in [2.75, 3.05) is 12.3 Å². The molecule has 100 valence electrons. The normalized spacial score (nSPS) is 12.3. The van der Waals surface area contributed by atoms with Gasteiger partial charge >= 0.3 is 5.97 Å². The summed E-state index contributed by atoms with van der Waals surface area (Å²) in [4.78, 5) is 12.2. The van der Waals surface area contributed by atoms with Crippen LogP contribution in [0.3, 0.4) is 0 Å². The Balaban J connectivity index is 2.36. The highest BCUT2D eigenvalue weighted by atomic mass is 79.9. The van der Waals surface area contributed by atoms with E-state index in [-0.39, 0.29) is 0 Å². The molecule has 0 aliphatic heterocycles. The summed E-state index contributed by atoms with van der Waals surface area (Å²) in [7, 11) is 0. The van der Waals surface area contributed by atoms with Crippen molar-refractivity contribution in [2.45, 2.75) is 30.7 Å². The van der Waals surface area contributed by atoms with E-state index in [1.165, 1.54) is 0 Å². The van der Waals surface area contributed by atoms with E-state index in [0.29, 0.717) is 6.42 Å². The minimum atomic E-state index is -0.765. The summed E-state index contributed by atoms with van der Waals surface area (Å²) in [6, 6.07) is 7.60. The number of hydrogen-bond donors (Lipinski definition) is 2. The highest BCUT2D eigenvalue weighted by Gasteiger charge is 2.15. The standard InChI is InChI=1S/C13H18BrNO2S/c1-2-7-15-12(13(16)17)6-8-18-11-5-3-4-10(14)9-11/h3-5,9,12,15H,2,6-8H2,1H3,(H,16,17). The number of benzene rings is 1. The molecule has 1 atom stereocenters. The van der Waals surface area contributed by atoms with Crippen LogP contribution in [0, 0.1) is 0 Å². The van der Waals surface area contributed by atoms with E-state index in [1.54, 1.807) is 11.8 Å². The Kier molecular flexibility index (Phi) is 7.39. The fourth-order valence-electron chi connectivity index (χ4n) is 1.48. The molecule has 0 fully saturated rings. The average molecular weight is 332 g/mol. The highest BCUT2D eigenvalue weighted by Crippen LogP contribution is 2.22. The van der Waals surface area contributed by atoms with Crippen molar-refractivity contribution < 1.29 is 9.90 Å². The van der Waals surface area contributed by atoms with Crippen molar-refractivity contribution in [3.8, 4) is 0 Å². The van der Waals surface area contributed by atoms with Gasteiger partial charge in [-0.15, -0.1) is 11.8 Å². The van der Waals surface area contributed by atoms with Gasteiger partial charge in [-0.2, -0.15) is 0 Å². The minimum Gasteiger partial charge on any atom is -0.480 e. The molecule has 3 nitrogen and oxygen atoms in total. The van der Waals surface area contributed by atoms with E-state index in [1.807, 2.05) is 31.2 Å². The molecule has 1 unspecified atom stereocenters. The van der Waals surface area contributed by atoms with E-state index < -0.39 is 12.0 Å². The van der Waals surface area contributed by atoms with Crippen LogP contribution in [0.2, 0.25) is 0 Å². The Morgan fingerprint density at radius 1 is 1.56 bits per heavy atom. The van der Waals surface area contributed by atoms with Gasteiger partial charge in [0.05, 0.1) is 0 Å². The molecule has 0 aliphatic carbocycles. The molecule has 0 heterocycles. The summed E-state index contributed by atoms with van der Waals surface area (Å²) in [5.74, 6) is 0.0303. The second kappa shape index (κ2) is 8.56. The van der Waals surface area contributed by atoms with Gasteiger partial charge in [0.15, 0.2) is 0 Å². The van der Waals surface area contributed by atoms with Crippen molar-refractivity contribution in [3.63, 3.8) is 0 Å². The van der Waals surface area contributed by atoms with Crippen LogP contribution in [-0.2, 0) is 4.79 Å². The van der Waals surface area contributed by atoms with Gasteiger partial charge in [-0.05, 0) is 37.6 Å². The number of thioether (sulfide) groups is 1. The van der Waals surface area contributed by atoms with Crippen molar-refractivity contribution >= 4 is 33.7 Å². The van der Waals surface area contributed by atoms with Crippen molar-refractivity contribution in [2.24, 2.45) is 0 Å². The van der Waals surface area contributed by atoms with E-state index in [2.05, 4.69) is 21.2 Å². The summed E-state index contributed by atoms with van der Waals surface area (Å²) in [6.07, 6.45) is 1.58. The zero-order valence-electron chi connectivity index (χ0n) is 10.4. The Morgan fingerprint density at radius 2 is 2.33 bits per heavy atom. The molecule has 0 aromatic heterocycles. The van der Waals surface area contributed by atoms with Gasteiger partial charge in [0, 0.05) is 15.1 Å². The van der Waals surface area contributed by atoms with Gasteiger partial charge in [-0.1, -0.05) is 28.9 Å². The lowest BCUT2D eigenvalue weighted by atomic mass is 10.2. The largest absolute Gasteiger partial charge is 0.480 e. The molecular formula is C13H18BrNO2S. The number of nitrogens with one attached hydrogen (secondary N) is 1. The lowest BCUT2D eigenvalue weighted by Crippen LogP contribution is -2.37. The number of halogens is 1. The van der Waals surface area contributed by atoms with Crippen LogP contribution in [0.15, 0.2) is 33.6 Å². The van der Waals surface area contributed by atoms with Gasteiger partial charge in [0.25, 0.3) is 0 Å². The Bertz CT molecular complexity index is 387. The number of carbonyl (C=O) groups is 1. The Morgan fingerprint density at radius 3 is 2.94 bits per heavy atom. The zero-order chi connectivity index (χ0) is 13.4. The topological polar surface area (TPSA) is 49.3 Å². The van der Waals surface area contributed by atoms with Crippen molar-refractivity contribution in [1.29, 1.82) is 0 Å². The first-order valence-electron chi connectivity index (χ1n) is 5.98. The molecule has 1 rings (SSSR count). The summed E-state index contributed by atoms with van der Waals surface area (Å²) in [5, 5.41) is 12.1. The number of hydrogen-bond acceptors (Lipinski definition) is 3. The Labute approximate surface area is 120 Å². The molecule has 2 N–H and O–H groups in total. The van der Waals surface area contributed by atoms with Gasteiger partial charge in [0.2, 0.25) is 0 Å². The maximum absolute atomic E-state index is 11.0. The second-order valence-electron chi connectivity index (χ2n) is 3.94. The van der Waals surface area contributed by atoms with E-state index in [4.69, 9.17) is 5.11 Å². The smallest absolute Gasteiger partial charge is 0.320 e. The van der Waals surface area contributed by atoms with Crippen molar-refractivity contribution in [1.82, 2.24) is 5.32 Å². The fourth-order valence-corrected chi connectivity index (χ4v) is 3.01. The van der Waals surface area contributed by atoms with Crippen LogP contribution in [0.5, 0.6) is 0 Å². The van der Waals surface area contributed by atoms with Gasteiger partial charge < -0.3 is 10.4 Å². The molecule has 0 amide bonds. The quantitative estimate of drug-likeness (QED) is 0.717. The summed E-state index contributed by atoms with van der Waals surface area (Å²) in [6.45, 7) is 2.78. The zero-order valence-corrected chi connectivity index (χ0v) is 12.8. The number of carboxylic acids is 1. The lowest BCUT2D eigenvalue weighted by Gasteiger charge is -2.13. The predicted molar refractivity (Wildman–Crippen MR) is 79.2 cm³/mol. The molecule has 0 spiro atoms. The monoisotopic (exact) mass is 331 g/mol. The number of rotatable bonds is 8. The minimum absolute atomic E-state index is 0.440. The molecule has 0 radical (unpaired) electrons. The third-order valence-electron chi connectivity index (χ3n) is 2.41. The summed E-state index contributed by atoms with van der Waals surface area (Å²) >= 11 is 5.10. The van der Waals surface area contributed by atoms with Gasteiger partial charge in [0.1, 0.15) is 6.04 Å². The van der Waals surface area contributed by atoms with E-state index in [0.717, 1.165) is 28.1 Å². The molecule has 0 aliphatic rings. The molecule has 0 saturated heterocycles. The summed E-state index contributed by atoms with van der Waals surface area (Å²) < 4.78 is 1.05. The maximum Gasteiger partial charge on any atom is 0.320 e. The van der Waals surface area contributed by atoms with Crippen LogP contribution in [-0.4, -0.2) is 29.4 Å². The van der Waals surface area contributed by atoms with E-state index in [9.17, 15) is 4.79 Å². The Hall–Kier alpha value is -0.520. The molecular weight excluding hydrogens is 314 g/mol. The third-order valence-corrected chi connectivity index (χ3v) is 3.93. The fraction of sp³-hybridized carbons (Fsp3) is 0.462. The van der Waals surface area contributed by atoms with E-state index >= 15 is 0 Å². The van der Waals surface area contributed by atoms with Crippen LogP contribution in [0.4, 0.5) is 0 Å². The molecule has 0 saturated carbocycles. The van der Waals surface area contributed by atoms with Crippen LogP contribution in [0.25, 0.3) is 0 Å². The average Bonchev–Trinajstić information content (AvgIpc) is 2.33. The first-order chi connectivity index (χ1) is 8.63. The van der Waals surface area contributed by atoms with Crippen molar-refractivity contribution in [3.05, 3.63) is 28.7 Å². The maximum atomic E-state index is 11.0. The highest BCUT2D eigenvalue weighted by molar-refractivity contribution is 9.10. The molecule has 1 aromatic carbocycles. The molecule has 5 heteroatoms. The first kappa shape index (κ1) is 15.5. The predicted octanol–water partition coefficient (Wildman–Crippen LogP) is 3.38. The molecule has 18 heavy (non-hydrogen) atoms. The van der Waals surface area contributed by atoms with Crippen LogP contribution < -0.4 is 5.32 Å². The van der Waals surface area contributed by atoms with Gasteiger partial charge in [-0.25, -0.2) is 0 Å². The first-order valence-corrected chi connectivity index (χ1v) is 7.76. The molecule has 1 aromatic rings. The summed E-state index contributed by atoms with van der Waals surface area (Å²) in [5.41, 5.74) is 0. The lowest BCUT2D eigenvalue weighted by molar-refractivity contribution is -0.139. The number of aliphatic carboxylic acids is 1. The molecule has 0 bridgehead atoms.